The minimum atomic E-state index is -0.982. The minimum Gasteiger partial charge on any atom is -0.497 e. The molecule has 2 aromatic heterocycles. The molecule has 3 aromatic carbocycles. The second-order valence-electron chi connectivity index (χ2n) is 23.0. The third-order valence-corrected chi connectivity index (χ3v) is 16.4. The summed E-state index contributed by atoms with van der Waals surface area (Å²) >= 11 is 1.57. The van der Waals surface area contributed by atoms with Gasteiger partial charge in [0, 0.05) is 63.7 Å². The maximum atomic E-state index is 14.4. The van der Waals surface area contributed by atoms with E-state index < -0.39 is 35.4 Å². The lowest BCUT2D eigenvalue weighted by atomic mass is 9.85. The molecular formula is C62H84N10O13S. The van der Waals surface area contributed by atoms with E-state index in [9.17, 15) is 29.1 Å². The number of carbonyl (C=O) groups is 5. The van der Waals surface area contributed by atoms with Crippen LogP contribution < -0.4 is 24.8 Å². The highest BCUT2D eigenvalue weighted by molar-refractivity contribution is 7.13. The molecule has 4 atom stereocenters. The summed E-state index contributed by atoms with van der Waals surface area (Å²) in [5, 5.41) is 24.8. The Morgan fingerprint density at radius 2 is 1.60 bits per heavy atom. The van der Waals surface area contributed by atoms with Crippen molar-refractivity contribution in [2.24, 2.45) is 5.41 Å². The van der Waals surface area contributed by atoms with E-state index in [0.29, 0.717) is 87.6 Å². The zero-order chi connectivity index (χ0) is 61.3. The molecule has 2 fully saturated rings. The number of likely N-dealkylation sites (tertiary alicyclic amines) is 2. The Hall–Kier alpha value is -7.06. The Kier molecular flexibility index (Phi) is 23.4. The first-order valence-corrected chi connectivity index (χ1v) is 30.4. The summed E-state index contributed by atoms with van der Waals surface area (Å²) in [4.78, 5) is 80.5. The molecule has 466 valence electrons. The fourth-order valence-electron chi connectivity index (χ4n) is 10.7. The number of amides is 5. The van der Waals surface area contributed by atoms with Crippen LogP contribution in [0.5, 0.6) is 17.2 Å². The molecule has 3 N–H and O–H groups in total. The summed E-state index contributed by atoms with van der Waals surface area (Å²) in [6.07, 6.45) is 3.28. The number of piperidine rings is 1. The number of likely N-dealkylation sites (N-methyl/N-ethyl adjacent to an activating group) is 2. The summed E-state index contributed by atoms with van der Waals surface area (Å²) in [5.41, 5.74) is 7.31. The van der Waals surface area contributed by atoms with Crippen molar-refractivity contribution in [3.8, 4) is 38.8 Å². The van der Waals surface area contributed by atoms with Crippen LogP contribution >= 0.6 is 11.3 Å². The first kappa shape index (κ1) is 64.9. The van der Waals surface area contributed by atoms with Crippen LogP contribution in [0.4, 0.5) is 0 Å². The molecule has 24 heteroatoms. The molecule has 0 bridgehead atoms. The van der Waals surface area contributed by atoms with Gasteiger partial charge in [0.2, 0.25) is 23.6 Å². The number of ether oxygens (including phenoxy) is 7. The molecular weight excluding hydrogens is 1120 g/mol. The lowest BCUT2D eigenvalue weighted by Crippen LogP contribution is -2.58. The second kappa shape index (κ2) is 31.0. The molecule has 0 radical (unpaired) electrons. The first-order valence-electron chi connectivity index (χ1n) is 29.5. The number of aromatic nitrogens is 4. The van der Waals surface area contributed by atoms with Crippen LogP contribution in [0, 0.1) is 12.3 Å². The largest absolute Gasteiger partial charge is 0.497 e. The molecule has 8 rings (SSSR count). The summed E-state index contributed by atoms with van der Waals surface area (Å²) in [5.74, 6) is 0.145. The zero-order valence-electron chi connectivity index (χ0n) is 50.8. The maximum Gasteiger partial charge on any atom is 0.257 e. The van der Waals surface area contributed by atoms with Crippen molar-refractivity contribution in [2.45, 2.75) is 111 Å². The number of thiazole rings is 1. The summed E-state index contributed by atoms with van der Waals surface area (Å²) < 4.78 is 42.5. The van der Waals surface area contributed by atoms with E-state index in [2.05, 4.69) is 37.9 Å². The van der Waals surface area contributed by atoms with E-state index in [1.54, 1.807) is 40.3 Å². The van der Waals surface area contributed by atoms with Gasteiger partial charge in [-0.3, -0.25) is 24.0 Å². The molecule has 3 aliphatic rings. The van der Waals surface area contributed by atoms with Gasteiger partial charge in [-0.15, -0.1) is 16.4 Å². The summed E-state index contributed by atoms with van der Waals surface area (Å²) in [7, 11) is 5.52. The Bertz CT molecular complexity index is 3080. The van der Waals surface area contributed by atoms with Gasteiger partial charge in [0.25, 0.3) is 5.91 Å². The van der Waals surface area contributed by atoms with E-state index in [-0.39, 0.29) is 76.3 Å². The number of nitrogens with one attached hydrogen (secondary N) is 2. The van der Waals surface area contributed by atoms with Gasteiger partial charge in [0.1, 0.15) is 54.8 Å². The summed E-state index contributed by atoms with van der Waals surface area (Å²) in [6, 6.07) is 15.4. The van der Waals surface area contributed by atoms with Gasteiger partial charge in [-0.2, -0.15) is 0 Å². The van der Waals surface area contributed by atoms with Gasteiger partial charge in [0.15, 0.2) is 0 Å². The van der Waals surface area contributed by atoms with Crippen molar-refractivity contribution < 1.29 is 62.2 Å². The van der Waals surface area contributed by atoms with Crippen molar-refractivity contribution in [1.82, 2.24) is 50.2 Å². The quantitative estimate of drug-likeness (QED) is 0.0549. The maximum absolute atomic E-state index is 14.4. The topological polar surface area (TPSA) is 251 Å². The number of aryl methyl sites for hydroxylation is 1. The predicted octanol–water partition coefficient (Wildman–Crippen LogP) is 5.14. The number of nitrogens with zero attached hydrogens (tertiary/aromatic N) is 8. The molecule has 0 unspecified atom stereocenters. The molecule has 2 saturated heterocycles. The van der Waals surface area contributed by atoms with Crippen LogP contribution in [0.2, 0.25) is 0 Å². The number of β-amino-alcohol motifs (C(OH)–C–C–N with tert-alkyl or cyclic N) is 1. The highest BCUT2D eigenvalue weighted by Gasteiger charge is 2.44. The number of methoxy groups -OCH3 is 1. The summed E-state index contributed by atoms with van der Waals surface area (Å²) in [6.45, 7) is 14.6. The van der Waals surface area contributed by atoms with Gasteiger partial charge in [0.05, 0.1) is 100 Å². The lowest BCUT2D eigenvalue weighted by Gasteiger charge is -2.36. The van der Waals surface area contributed by atoms with Crippen LogP contribution in [0.25, 0.3) is 21.6 Å². The number of aliphatic hydroxyl groups excluding tert-OH is 1. The molecule has 86 heavy (non-hydrogen) atoms. The third kappa shape index (κ3) is 17.8. The molecule has 23 nitrogen and oxygen atoms in total. The fraction of sp³-hybridized carbons (Fsp3) is 0.548. The molecule has 5 aromatic rings. The number of aliphatic hydroxyl groups is 1. The van der Waals surface area contributed by atoms with Gasteiger partial charge >= 0.3 is 0 Å². The van der Waals surface area contributed by atoms with Crippen LogP contribution in [-0.4, -0.2) is 205 Å². The Labute approximate surface area is 507 Å². The number of hydrogen-bond donors (Lipinski definition) is 3. The Balaban J connectivity index is 0.712. The average molecular weight is 1210 g/mol. The Morgan fingerprint density at radius 3 is 2.29 bits per heavy atom. The number of fused-ring (bicyclic) bond motifs is 1. The highest BCUT2D eigenvalue weighted by atomic mass is 32.1. The molecule has 5 heterocycles. The molecule has 0 aliphatic carbocycles. The van der Waals surface area contributed by atoms with E-state index in [1.807, 2.05) is 101 Å². The lowest BCUT2D eigenvalue weighted by molar-refractivity contribution is -0.144. The van der Waals surface area contributed by atoms with Crippen molar-refractivity contribution in [2.75, 3.05) is 107 Å². The normalized spacial score (nSPS) is 17.5. The monoisotopic (exact) mass is 1210 g/mol. The predicted molar refractivity (Wildman–Crippen MR) is 322 cm³/mol. The highest BCUT2D eigenvalue weighted by Crippen LogP contribution is 2.38. The van der Waals surface area contributed by atoms with Crippen molar-refractivity contribution in [1.29, 1.82) is 0 Å². The smallest absolute Gasteiger partial charge is 0.257 e. The fourth-order valence-corrected chi connectivity index (χ4v) is 11.5. The number of hydrogen-bond acceptors (Lipinski definition) is 18. The average Bonchev–Trinajstić information content (AvgIpc) is 4.40. The molecule has 0 spiro atoms. The molecule has 5 amide bonds. The minimum absolute atomic E-state index is 0.0148. The van der Waals surface area contributed by atoms with Crippen molar-refractivity contribution >= 4 is 40.9 Å². The van der Waals surface area contributed by atoms with E-state index in [0.717, 1.165) is 64.3 Å². The first-order chi connectivity index (χ1) is 41.4. The Morgan fingerprint density at radius 1 is 0.895 bits per heavy atom. The second-order valence-corrected chi connectivity index (χ2v) is 23.9. The van der Waals surface area contributed by atoms with Crippen LogP contribution in [0.15, 0.2) is 66.3 Å². The van der Waals surface area contributed by atoms with E-state index >= 15 is 0 Å². The van der Waals surface area contributed by atoms with Gasteiger partial charge in [-0.1, -0.05) is 57.2 Å². The van der Waals surface area contributed by atoms with Crippen LogP contribution in [-0.2, 0) is 64.4 Å². The van der Waals surface area contributed by atoms with Crippen molar-refractivity contribution in [3.63, 3.8) is 0 Å². The van der Waals surface area contributed by atoms with Gasteiger partial charge in [-0.25, -0.2) is 9.67 Å². The van der Waals surface area contributed by atoms with Gasteiger partial charge < -0.3 is 68.5 Å². The van der Waals surface area contributed by atoms with Gasteiger partial charge in [-0.05, 0) is 85.3 Å². The SMILES string of the molecule is CCC(=O)N1CCOc2c(cc(-c3cc(OC)cc(OCc4cn(CCOCCOCCOCCOCC(=O)N[C@H](C(=O)N5C[C@H](O)C[C@H]5C(=O)NCc5ccc(-c6scnc6C)cc5)C(C)(C)C)nn4)c3)cc2C(=O)N(C)[C@H]2CCCN(C)C2)C1. The molecule has 0 saturated carbocycles. The standard InChI is InChI=1S/C62H84N10O13S/c1-9-55(75)70-17-20-84-56-46(34-70)27-44(30-52(56)60(77)69(7)48-11-10-16-68(6)36-48)45-28-50(79-8)32-51(29-45)85-38-47-35-71(67-66-47)18-19-80-21-22-81-23-24-82-25-26-83-39-54(74)65-58(62(3,4)5)61(78)72-37-49(73)31-53(72)59(76)63-33-42-12-14-43(15-13-42)57-41(2)64-40-86-57/h12-15,27-30,32,35,40,48-49,53,58,73H,9-11,16-26,31,33-34,36-39H2,1-8H3,(H,63,76)(H,65,74)/t48-,49+,53-,58+/m0/s1. The number of carbonyl (C=O) groups excluding carboxylic acids is 5. The zero-order valence-corrected chi connectivity index (χ0v) is 51.7. The van der Waals surface area contributed by atoms with Crippen LogP contribution in [0.3, 0.4) is 0 Å². The number of benzene rings is 3. The molecule has 3 aliphatic heterocycles. The van der Waals surface area contributed by atoms with E-state index in [4.69, 9.17) is 33.2 Å². The van der Waals surface area contributed by atoms with E-state index in [1.165, 1.54) is 4.90 Å². The third-order valence-electron chi connectivity index (χ3n) is 15.4. The number of rotatable bonds is 28. The van der Waals surface area contributed by atoms with Crippen LogP contribution in [0.1, 0.15) is 86.3 Å². The van der Waals surface area contributed by atoms with Crippen molar-refractivity contribution in [3.05, 3.63) is 94.4 Å².